The van der Waals surface area contributed by atoms with E-state index >= 15 is 0 Å². The van der Waals surface area contributed by atoms with Crippen LogP contribution in [-0.4, -0.2) is 24.0 Å². The minimum Gasteiger partial charge on any atom is -0.468 e. The van der Waals surface area contributed by atoms with Gasteiger partial charge in [-0.3, -0.25) is 4.90 Å². The zero-order chi connectivity index (χ0) is 13.5. The molecule has 3 heteroatoms. The lowest BCUT2D eigenvalue weighted by Crippen LogP contribution is -2.30. The average Bonchev–Trinajstić information content (AvgIpc) is 2.72. The largest absolute Gasteiger partial charge is 0.468 e. The Morgan fingerprint density at radius 1 is 1.28 bits per heavy atom. The number of hydrogen-bond donors (Lipinski definition) is 1. The van der Waals surface area contributed by atoms with Crippen molar-refractivity contribution in [2.45, 2.75) is 53.8 Å². The van der Waals surface area contributed by atoms with E-state index in [9.17, 15) is 0 Å². The molecule has 1 heterocycles. The van der Waals surface area contributed by atoms with Gasteiger partial charge in [0.2, 0.25) is 0 Å². The lowest BCUT2D eigenvalue weighted by molar-refractivity contribution is 0.223. The van der Waals surface area contributed by atoms with Gasteiger partial charge >= 0.3 is 0 Å². The van der Waals surface area contributed by atoms with E-state index in [4.69, 9.17) is 4.42 Å². The van der Waals surface area contributed by atoms with Gasteiger partial charge in [-0.15, -0.1) is 0 Å². The number of rotatable bonds is 8. The van der Waals surface area contributed by atoms with Gasteiger partial charge in [0.1, 0.15) is 5.76 Å². The highest BCUT2D eigenvalue weighted by molar-refractivity contribution is 5.17. The summed E-state index contributed by atoms with van der Waals surface area (Å²) in [5, 5.41) is 3.44. The van der Waals surface area contributed by atoms with E-state index in [1.54, 1.807) is 6.26 Å². The summed E-state index contributed by atoms with van der Waals surface area (Å²) in [6, 6.07) is 2.67. The second-order valence-corrected chi connectivity index (χ2v) is 5.55. The van der Waals surface area contributed by atoms with Crippen molar-refractivity contribution in [1.29, 1.82) is 0 Å². The molecule has 0 amide bonds. The van der Waals surface area contributed by atoms with Crippen molar-refractivity contribution in [3.05, 3.63) is 23.7 Å². The summed E-state index contributed by atoms with van der Waals surface area (Å²) in [5.41, 5.74) is 1.31. The predicted molar refractivity (Wildman–Crippen MR) is 76.5 cm³/mol. The van der Waals surface area contributed by atoms with Crippen LogP contribution < -0.4 is 5.32 Å². The number of nitrogens with zero attached hydrogens (tertiary/aromatic N) is 1. The van der Waals surface area contributed by atoms with Crippen LogP contribution in [0.15, 0.2) is 16.7 Å². The van der Waals surface area contributed by atoms with E-state index in [1.807, 2.05) is 0 Å². The first kappa shape index (κ1) is 15.3. The Kier molecular flexibility index (Phi) is 6.44. The lowest BCUT2D eigenvalue weighted by Gasteiger charge is -2.24. The van der Waals surface area contributed by atoms with Gasteiger partial charge in [-0.1, -0.05) is 20.8 Å². The maximum Gasteiger partial charge on any atom is 0.122 e. The highest BCUT2D eigenvalue weighted by atomic mass is 16.3. The highest BCUT2D eigenvalue weighted by Crippen LogP contribution is 2.14. The van der Waals surface area contributed by atoms with Crippen molar-refractivity contribution in [3.63, 3.8) is 0 Å². The molecule has 18 heavy (non-hydrogen) atoms. The fraction of sp³-hybridized carbons (Fsp3) is 0.733. The Morgan fingerprint density at radius 3 is 2.56 bits per heavy atom. The second kappa shape index (κ2) is 7.59. The van der Waals surface area contributed by atoms with Crippen LogP contribution in [0.25, 0.3) is 0 Å². The molecule has 0 atom stereocenters. The van der Waals surface area contributed by atoms with E-state index in [1.165, 1.54) is 5.56 Å². The monoisotopic (exact) mass is 252 g/mol. The fourth-order valence-electron chi connectivity index (χ4n) is 2.02. The summed E-state index contributed by atoms with van der Waals surface area (Å²) < 4.78 is 5.58. The molecule has 1 aromatic rings. The van der Waals surface area contributed by atoms with Crippen LogP contribution in [0, 0.1) is 5.92 Å². The van der Waals surface area contributed by atoms with Gasteiger partial charge in [0.25, 0.3) is 0 Å². The molecule has 0 aliphatic carbocycles. The molecule has 0 bridgehead atoms. The van der Waals surface area contributed by atoms with Crippen molar-refractivity contribution in [3.8, 4) is 0 Å². The van der Waals surface area contributed by atoms with Crippen molar-refractivity contribution in [1.82, 2.24) is 10.2 Å². The molecule has 0 radical (unpaired) electrons. The van der Waals surface area contributed by atoms with Gasteiger partial charge in [0, 0.05) is 18.2 Å². The van der Waals surface area contributed by atoms with E-state index in [0.29, 0.717) is 12.0 Å². The fourth-order valence-corrected chi connectivity index (χ4v) is 2.02. The van der Waals surface area contributed by atoms with Crippen LogP contribution in [0.4, 0.5) is 0 Å². The van der Waals surface area contributed by atoms with Crippen LogP contribution in [0.1, 0.15) is 45.9 Å². The first-order valence-corrected chi connectivity index (χ1v) is 7.04. The minimum atomic E-state index is 0.571. The number of nitrogens with one attached hydrogen (secondary N) is 1. The lowest BCUT2D eigenvalue weighted by atomic mass is 10.2. The first-order chi connectivity index (χ1) is 8.54. The Bertz CT molecular complexity index is 331. The van der Waals surface area contributed by atoms with Gasteiger partial charge in [0.15, 0.2) is 0 Å². The zero-order valence-electron chi connectivity index (χ0n) is 12.5. The van der Waals surface area contributed by atoms with Crippen LogP contribution in [0.2, 0.25) is 0 Å². The third kappa shape index (κ3) is 4.83. The Hall–Kier alpha value is -0.800. The highest BCUT2D eigenvalue weighted by Gasteiger charge is 2.12. The van der Waals surface area contributed by atoms with Crippen LogP contribution in [-0.2, 0) is 13.1 Å². The molecule has 1 aromatic heterocycles. The van der Waals surface area contributed by atoms with Gasteiger partial charge in [-0.05, 0) is 38.9 Å². The van der Waals surface area contributed by atoms with E-state index in [-0.39, 0.29) is 0 Å². The Morgan fingerprint density at radius 2 is 2.00 bits per heavy atom. The van der Waals surface area contributed by atoms with Crippen LogP contribution in [0.3, 0.4) is 0 Å². The molecule has 0 aliphatic heterocycles. The molecule has 0 spiro atoms. The molecular formula is C15H28N2O. The third-order valence-corrected chi connectivity index (χ3v) is 3.19. The minimum absolute atomic E-state index is 0.571. The number of hydrogen-bond acceptors (Lipinski definition) is 3. The van der Waals surface area contributed by atoms with Crippen molar-refractivity contribution in [2.24, 2.45) is 5.92 Å². The summed E-state index contributed by atoms with van der Waals surface area (Å²) in [6.07, 6.45) is 1.80. The molecule has 0 unspecified atom stereocenters. The van der Waals surface area contributed by atoms with Gasteiger partial charge in [-0.25, -0.2) is 0 Å². The second-order valence-electron chi connectivity index (χ2n) is 5.55. The van der Waals surface area contributed by atoms with E-state index in [0.717, 1.165) is 31.9 Å². The van der Waals surface area contributed by atoms with Crippen LogP contribution >= 0.6 is 0 Å². The predicted octanol–water partition coefficient (Wildman–Crippen LogP) is 3.26. The quantitative estimate of drug-likeness (QED) is 0.770. The normalized spacial score (nSPS) is 12.0. The smallest absolute Gasteiger partial charge is 0.122 e. The SMILES string of the molecule is CCN(Cc1ccoc1CNCC(C)C)C(C)C. The van der Waals surface area contributed by atoms with Crippen molar-refractivity contribution in [2.75, 3.05) is 13.1 Å². The summed E-state index contributed by atoms with van der Waals surface area (Å²) in [6.45, 7) is 15.0. The van der Waals surface area contributed by atoms with E-state index < -0.39 is 0 Å². The summed E-state index contributed by atoms with van der Waals surface area (Å²) in [7, 11) is 0. The zero-order valence-corrected chi connectivity index (χ0v) is 12.5. The molecule has 1 N–H and O–H groups in total. The van der Waals surface area contributed by atoms with Gasteiger partial charge in [-0.2, -0.15) is 0 Å². The summed E-state index contributed by atoms with van der Waals surface area (Å²) in [4.78, 5) is 2.44. The van der Waals surface area contributed by atoms with Gasteiger partial charge < -0.3 is 9.73 Å². The topological polar surface area (TPSA) is 28.4 Å². The number of furan rings is 1. The molecule has 1 rings (SSSR count). The summed E-state index contributed by atoms with van der Waals surface area (Å²) >= 11 is 0. The first-order valence-electron chi connectivity index (χ1n) is 7.04. The Balaban J connectivity index is 2.53. The maximum absolute atomic E-state index is 5.58. The van der Waals surface area contributed by atoms with Crippen molar-refractivity contribution >= 4 is 0 Å². The maximum atomic E-state index is 5.58. The third-order valence-electron chi connectivity index (χ3n) is 3.19. The molecule has 0 saturated heterocycles. The van der Waals surface area contributed by atoms with Crippen molar-refractivity contribution < 1.29 is 4.42 Å². The molecule has 3 nitrogen and oxygen atoms in total. The Labute approximate surface area is 112 Å². The molecule has 0 saturated carbocycles. The summed E-state index contributed by atoms with van der Waals surface area (Å²) in [5.74, 6) is 1.75. The molecule has 104 valence electrons. The van der Waals surface area contributed by atoms with Gasteiger partial charge in [0.05, 0.1) is 12.8 Å². The standard InChI is InChI=1S/C15H28N2O/c1-6-17(13(4)5)11-14-7-8-18-15(14)10-16-9-12(2)3/h7-8,12-13,16H,6,9-11H2,1-5H3. The molecular weight excluding hydrogens is 224 g/mol. The average molecular weight is 252 g/mol. The molecule has 0 fully saturated rings. The van der Waals surface area contributed by atoms with E-state index in [2.05, 4.69) is 50.9 Å². The molecule has 0 aromatic carbocycles. The van der Waals surface area contributed by atoms with Crippen LogP contribution in [0.5, 0.6) is 0 Å². The molecule has 0 aliphatic rings.